The van der Waals surface area contributed by atoms with Crippen molar-refractivity contribution in [2.24, 2.45) is 11.8 Å². The first-order valence-corrected chi connectivity index (χ1v) is 9.57. The van der Waals surface area contributed by atoms with E-state index in [1.54, 1.807) is 37.1 Å². The molecule has 1 aromatic rings. The molecule has 1 N–H and O–H groups in total. The number of phenols is 1. The summed E-state index contributed by atoms with van der Waals surface area (Å²) < 4.78 is 10.2. The fourth-order valence-electron chi connectivity index (χ4n) is 3.51. The minimum absolute atomic E-state index is 0.0195. The average molecular weight is 410 g/mol. The van der Waals surface area contributed by atoms with E-state index in [4.69, 9.17) is 14.7 Å². The molecule has 0 amide bonds. The third-order valence-corrected chi connectivity index (χ3v) is 5.10. The van der Waals surface area contributed by atoms with Crippen molar-refractivity contribution in [3.63, 3.8) is 0 Å². The van der Waals surface area contributed by atoms with Gasteiger partial charge in [-0.05, 0) is 31.6 Å². The fraction of sp³-hybridized carbons (Fsp3) is 0.364. The van der Waals surface area contributed by atoms with E-state index >= 15 is 0 Å². The number of rotatable bonds is 7. The number of allylic oxidation sites excluding steroid dienone is 2. The zero-order chi connectivity index (χ0) is 21.8. The molecule has 1 aromatic carbocycles. The summed E-state index contributed by atoms with van der Waals surface area (Å²) in [5.74, 6) is -2.12. The highest BCUT2D eigenvalue weighted by molar-refractivity contribution is 6.01. The van der Waals surface area contributed by atoms with Crippen LogP contribution in [0.1, 0.15) is 22.8 Å². The second-order valence-corrected chi connectivity index (χ2v) is 7.08. The molecule has 8 nitrogen and oxygen atoms in total. The van der Waals surface area contributed by atoms with Gasteiger partial charge in [0.15, 0.2) is 18.2 Å². The molecule has 1 heterocycles. The molecular weight excluding hydrogens is 388 g/mol. The van der Waals surface area contributed by atoms with E-state index < -0.39 is 17.8 Å². The standard InChI is InChI=1S/C22H22N2O6/c1-3-29-20(26)12-30-19-7-6-16(21(27)13(19)2)18(25)11-24-9-15-5-4-14(8-23)22(28)17(15)10-24/h4-7,9,14,17,27H,3,10-12H2,1-2H3. The van der Waals surface area contributed by atoms with Gasteiger partial charge in [-0.15, -0.1) is 0 Å². The molecule has 30 heavy (non-hydrogen) atoms. The number of benzene rings is 1. The highest BCUT2D eigenvalue weighted by Crippen LogP contribution is 2.33. The van der Waals surface area contributed by atoms with Crippen LogP contribution in [-0.4, -0.2) is 53.8 Å². The number of phenolic OH excluding ortho intramolecular Hbond substituents is 1. The van der Waals surface area contributed by atoms with Crippen molar-refractivity contribution in [1.82, 2.24) is 4.90 Å². The summed E-state index contributed by atoms with van der Waals surface area (Å²) in [5.41, 5.74) is 1.25. The zero-order valence-electron chi connectivity index (χ0n) is 16.8. The van der Waals surface area contributed by atoms with Crippen LogP contribution in [0.5, 0.6) is 11.5 Å². The number of ketones is 2. The smallest absolute Gasteiger partial charge is 0.344 e. The SMILES string of the molecule is CCOC(=O)COc1ccc(C(=O)CN2C=C3C=CC(C#N)C(=O)C3C2)c(O)c1C. The Morgan fingerprint density at radius 3 is 2.83 bits per heavy atom. The summed E-state index contributed by atoms with van der Waals surface area (Å²) in [6.07, 6.45) is 5.06. The highest BCUT2D eigenvalue weighted by atomic mass is 16.6. The summed E-state index contributed by atoms with van der Waals surface area (Å²) in [6, 6.07) is 4.93. The van der Waals surface area contributed by atoms with E-state index in [9.17, 15) is 19.5 Å². The van der Waals surface area contributed by atoms with Gasteiger partial charge in [-0.1, -0.05) is 12.2 Å². The van der Waals surface area contributed by atoms with Gasteiger partial charge in [0.05, 0.1) is 30.7 Å². The first kappa shape index (κ1) is 21.1. The van der Waals surface area contributed by atoms with Crippen LogP contribution in [0.4, 0.5) is 0 Å². The van der Waals surface area contributed by atoms with E-state index in [0.29, 0.717) is 12.1 Å². The molecule has 0 aromatic heterocycles. The molecule has 2 unspecified atom stereocenters. The van der Waals surface area contributed by atoms with Crippen LogP contribution < -0.4 is 4.74 Å². The van der Waals surface area contributed by atoms with Crippen LogP contribution in [0.2, 0.25) is 0 Å². The Bertz CT molecular complexity index is 988. The van der Waals surface area contributed by atoms with E-state index in [2.05, 4.69) is 0 Å². The Morgan fingerprint density at radius 2 is 2.13 bits per heavy atom. The van der Waals surface area contributed by atoms with Crippen molar-refractivity contribution < 1.29 is 29.0 Å². The maximum absolute atomic E-state index is 12.7. The van der Waals surface area contributed by atoms with Crippen molar-refractivity contribution in [3.05, 3.63) is 47.2 Å². The molecule has 1 aliphatic heterocycles. The summed E-state index contributed by atoms with van der Waals surface area (Å²) in [7, 11) is 0. The summed E-state index contributed by atoms with van der Waals surface area (Å²) in [4.78, 5) is 38.2. The molecule has 2 aliphatic rings. The van der Waals surface area contributed by atoms with Gasteiger partial charge >= 0.3 is 5.97 Å². The number of fused-ring (bicyclic) bond motifs is 1. The molecular formula is C22H22N2O6. The first-order valence-electron chi connectivity index (χ1n) is 9.57. The van der Waals surface area contributed by atoms with Crippen LogP contribution in [0, 0.1) is 30.1 Å². The van der Waals surface area contributed by atoms with Crippen molar-refractivity contribution in [1.29, 1.82) is 5.26 Å². The number of esters is 1. The average Bonchev–Trinajstić information content (AvgIpc) is 3.13. The molecule has 156 valence electrons. The summed E-state index contributed by atoms with van der Waals surface area (Å²) >= 11 is 0. The molecule has 8 heteroatoms. The number of ether oxygens (including phenoxy) is 2. The number of hydrogen-bond acceptors (Lipinski definition) is 8. The maximum Gasteiger partial charge on any atom is 0.344 e. The van der Waals surface area contributed by atoms with Gasteiger partial charge in [0, 0.05) is 18.3 Å². The van der Waals surface area contributed by atoms with E-state index in [-0.39, 0.29) is 48.4 Å². The van der Waals surface area contributed by atoms with Gasteiger partial charge < -0.3 is 19.5 Å². The second kappa shape index (κ2) is 8.82. The van der Waals surface area contributed by atoms with Crippen molar-refractivity contribution in [2.75, 3.05) is 26.3 Å². The van der Waals surface area contributed by atoms with Gasteiger partial charge in [-0.25, -0.2) is 4.79 Å². The molecule has 1 aliphatic carbocycles. The summed E-state index contributed by atoms with van der Waals surface area (Å²) in [5, 5.41) is 19.5. The zero-order valence-corrected chi connectivity index (χ0v) is 16.8. The van der Waals surface area contributed by atoms with Gasteiger partial charge in [0.25, 0.3) is 0 Å². The van der Waals surface area contributed by atoms with Crippen molar-refractivity contribution >= 4 is 17.5 Å². The third kappa shape index (κ3) is 4.20. The fourth-order valence-corrected chi connectivity index (χ4v) is 3.51. The number of carbonyl (C=O) groups excluding carboxylic acids is 3. The van der Waals surface area contributed by atoms with Crippen LogP contribution in [0.3, 0.4) is 0 Å². The van der Waals surface area contributed by atoms with Crippen molar-refractivity contribution in [3.8, 4) is 17.6 Å². The minimum atomic E-state index is -0.753. The van der Waals surface area contributed by atoms with E-state index in [1.807, 2.05) is 6.07 Å². The maximum atomic E-state index is 12.7. The van der Waals surface area contributed by atoms with Gasteiger partial charge in [0.2, 0.25) is 0 Å². The lowest BCUT2D eigenvalue weighted by Gasteiger charge is -2.20. The second-order valence-electron chi connectivity index (χ2n) is 7.08. The Morgan fingerprint density at radius 1 is 1.37 bits per heavy atom. The topological polar surface area (TPSA) is 117 Å². The Hall–Kier alpha value is -3.60. The summed E-state index contributed by atoms with van der Waals surface area (Å²) in [6.45, 7) is 3.53. The lowest BCUT2D eigenvalue weighted by atomic mass is 9.84. The molecule has 0 saturated carbocycles. The Labute approximate surface area is 174 Å². The van der Waals surface area contributed by atoms with Crippen LogP contribution in [-0.2, 0) is 14.3 Å². The Balaban J connectivity index is 1.67. The number of carbonyl (C=O) groups is 3. The molecule has 3 rings (SSSR count). The van der Waals surface area contributed by atoms with Crippen molar-refractivity contribution in [2.45, 2.75) is 13.8 Å². The van der Waals surface area contributed by atoms with E-state index in [1.165, 1.54) is 12.1 Å². The van der Waals surface area contributed by atoms with Gasteiger partial charge in [0.1, 0.15) is 17.4 Å². The normalized spacial score (nSPS) is 19.7. The predicted molar refractivity (Wildman–Crippen MR) is 106 cm³/mol. The van der Waals surface area contributed by atoms with Gasteiger partial charge in [-0.3, -0.25) is 9.59 Å². The quantitative estimate of drug-likeness (QED) is 0.535. The van der Waals surface area contributed by atoms with E-state index in [0.717, 1.165) is 5.57 Å². The van der Waals surface area contributed by atoms with Gasteiger partial charge in [-0.2, -0.15) is 5.26 Å². The molecule has 2 atom stereocenters. The number of nitriles is 1. The first-order chi connectivity index (χ1) is 14.3. The molecule has 0 fully saturated rings. The van der Waals surface area contributed by atoms with Crippen LogP contribution in [0.15, 0.2) is 36.1 Å². The molecule has 0 spiro atoms. The number of aromatic hydroxyl groups is 1. The Kier molecular flexibility index (Phi) is 6.21. The predicted octanol–water partition coefficient (Wildman–Crippen LogP) is 1.92. The number of hydrogen-bond donors (Lipinski definition) is 1. The lowest BCUT2D eigenvalue weighted by molar-refractivity contribution is -0.145. The number of Topliss-reactive ketones (excluding diaryl/α,β-unsaturated/α-hetero) is 2. The monoisotopic (exact) mass is 410 g/mol. The largest absolute Gasteiger partial charge is 0.507 e. The minimum Gasteiger partial charge on any atom is -0.507 e. The van der Waals surface area contributed by atoms with Crippen LogP contribution in [0.25, 0.3) is 0 Å². The molecule has 0 radical (unpaired) electrons. The third-order valence-electron chi connectivity index (χ3n) is 5.10. The molecule has 0 saturated heterocycles. The molecule has 0 bridgehead atoms. The van der Waals surface area contributed by atoms with Crippen LogP contribution >= 0.6 is 0 Å². The highest BCUT2D eigenvalue weighted by Gasteiger charge is 2.36. The lowest BCUT2D eigenvalue weighted by Crippen LogP contribution is -2.31. The number of nitrogens with zero attached hydrogens (tertiary/aromatic N) is 2.